The summed E-state index contributed by atoms with van der Waals surface area (Å²) >= 11 is 0. The van der Waals surface area contributed by atoms with Crippen LogP contribution in [0.2, 0.25) is 0 Å². The molecule has 1 aromatic carbocycles. The van der Waals surface area contributed by atoms with Gasteiger partial charge < -0.3 is 19.3 Å². The number of nitrogens with one attached hydrogen (secondary N) is 1. The number of piperazine rings is 1. The number of carbonyl (C=O) groups is 1. The van der Waals surface area contributed by atoms with Crippen LogP contribution < -0.4 is 15.2 Å². The predicted molar refractivity (Wildman–Crippen MR) is 101 cm³/mol. The molecule has 0 atom stereocenters. The standard InChI is InChI=1S/C19H24N4O4/c1-14-5-3-4-6-15(14)12-23-8-7-22(13-17(23)24)16-11-20-21-19(25)18(16)27-10-9-26-2/h3-6,11H,7-10,12-13H2,1-2H3,(H,21,25). The third-order valence-electron chi connectivity index (χ3n) is 4.61. The van der Waals surface area contributed by atoms with Crippen molar-refractivity contribution < 1.29 is 14.3 Å². The van der Waals surface area contributed by atoms with Gasteiger partial charge in [0.2, 0.25) is 11.7 Å². The first kappa shape index (κ1) is 18.9. The van der Waals surface area contributed by atoms with E-state index in [1.807, 2.05) is 41.0 Å². The van der Waals surface area contributed by atoms with E-state index in [0.29, 0.717) is 31.9 Å². The number of benzene rings is 1. The SMILES string of the molecule is COCCOc1c(N2CCN(Cc3ccccc3C)C(=O)C2)cn[nH]c1=O. The Morgan fingerprint density at radius 3 is 2.74 bits per heavy atom. The van der Waals surface area contributed by atoms with Crippen LogP contribution in [0.4, 0.5) is 5.69 Å². The molecule has 8 heteroatoms. The summed E-state index contributed by atoms with van der Waals surface area (Å²) in [5.74, 6) is 0.176. The number of aryl methyl sites for hydroxylation is 1. The fourth-order valence-corrected chi connectivity index (χ4v) is 3.04. The molecule has 0 saturated carbocycles. The molecule has 3 rings (SSSR count). The van der Waals surface area contributed by atoms with Gasteiger partial charge in [-0.05, 0) is 18.1 Å². The predicted octanol–water partition coefficient (Wildman–Crippen LogP) is 0.952. The molecule has 144 valence electrons. The van der Waals surface area contributed by atoms with Gasteiger partial charge in [0.1, 0.15) is 12.3 Å². The minimum atomic E-state index is -0.418. The zero-order chi connectivity index (χ0) is 19.2. The van der Waals surface area contributed by atoms with Gasteiger partial charge in [-0.25, -0.2) is 5.10 Å². The fourth-order valence-electron chi connectivity index (χ4n) is 3.04. The van der Waals surface area contributed by atoms with Crippen LogP contribution in [0.1, 0.15) is 11.1 Å². The molecule has 0 unspecified atom stereocenters. The lowest BCUT2D eigenvalue weighted by Gasteiger charge is -2.36. The number of carbonyl (C=O) groups excluding carboxylic acids is 1. The summed E-state index contributed by atoms with van der Waals surface area (Å²) in [6.07, 6.45) is 1.52. The van der Waals surface area contributed by atoms with Crippen molar-refractivity contribution >= 4 is 11.6 Å². The van der Waals surface area contributed by atoms with E-state index in [0.717, 1.165) is 5.56 Å². The molecule has 1 N–H and O–H groups in total. The number of hydrogen-bond donors (Lipinski definition) is 1. The van der Waals surface area contributed by atoms with Gasteiger partial charge in [-0.1, -0.05) is 24.3 Å². The van der Waals surface area contributed by atoms with Crippen molar-refractivity contribution in [3.8, 4) is 5.75 Å². The monoisotopic (exact) mass is 372 g/mol. The van der Waals surface area contributed by atoms with E-state index in [2.05, 4.69) is 10.2 Å². The highest BCUT2D eigenvalue weighted by Gasteiger charge is 2.27. The third-order valence-corrected chi connectivity index (χ3v) is 4.61. The Morgan fingerprint density at radius 2 is 2.00 bits per heavy atom. The topological polar surface area (TPSA) is 87.8 Å². The molecule has 0 aliphatic carbocycles. The number of hydrogen-bond acceptors (Lipinski definition) is 6. The molecule has 27 heavy (non-hydrogen) atoms. The van der Waals surface area contributed by atoms with E-state index in [-0.39, 0.29) is 24.8 Å². The summed E-state index contributed by atoms with van der Waals surface area (Å²) in [6, 6.07) is 8.05. The summed E-state index contributed by atoms with van der Waals surface area (Å²) in [5, 5.41) is 6.23. The first-order valence-corrected chi connectivity index (χ1v) is 8.87. The Morgan fingerprint density at radius 1 is 1.19 bits per heavy atom. The van der Waals surface area contributed by atoms with Gasteiger partial charge >= 0.3 is 5.56 Å². The van der Waals surface area contributed by atoms with Crippen molar-refractivity contribution in [2.75, 3.05) is 44.9 Å². The number of H-pyrrole nitrogens is 1. The maximum atomic E-state index is 12.7. The Kier molecular flexibility index (Phi) is 6.08. The number of aromatic amines is 1. The van der Waals surface area contributed by atoms with Gasteiger partial charge in [0.15, 0.2) is 0 Å². The second kappa shape index (κ2) is 8.68. The number of amides is 1. The van der Waals surface area contributed by atoms with Crippen molar-refractivity contribution in [3.63, 3.8) is 0 Å². The van der Waals surface area contributed by atoms with Crippen molar-refractivity contribution in [2.24, 2.45) is 0 Å². The highest BCUT2D eigenvalue weighted by molar-refractivity contribution is 5.83. The van der Waals surface area contributed by atoms with E-state index in [1.165, 1.54) is 11.8 Å². The fraction of sp³-hybridized carbons (Fsp3) is 0.421. The van der Waals surface area contributed by atoms with Crippen LogP contribution in [0.25, 0.3) is 0 Å². The molecule has 2 aromatic rings. The van der Waals surface area contributed by atoms with Crippen LogP contribution in [0.5, 0.6) is 5.75 Å². The molecule has 1 fully saturated rings. The van der Waals surface area contributed by atoms with Crippen LogP contribution in [0, 0.1) is 6.92 Å². The Bertz CT molecular complexity index is 852. The molecule has 0 bridgehead atoms. The lowest BCUT2D eigenvalue weighted by Crippen LogP contribution is -2.50. The molecule has 8 nitrogen and oxygen atoms in total. The van der Waals surface area contributed by atoms with Crippen molar-refractivity contribution in [2.45, 2.75) is 13.5 Å². The summed E-state index contributed by atoms with van der Waals surface area (Å²) < 4.78 is 10.5. The second-order valence-electron chi connectivity index (χ2n) is 6.42. The molecular formula is C19H24N4O4. The lowest BCUT2D eigenvalue weighted by atomic mass is 10.1. The number of rotatable bonds is 7. The van der Waals surface area contributed by atoms with Crippen LogP contribution in [-0.2, 0) is 16.1 Å². The first-order chi connectivity index (χ1) is 13.1. The number of methoxy groups -OCH3 is 1. The van der Waals surface area contributed by atoms with Gasteiger partial charge in [0.05, 0.1) is 19.3 Å². The summed E-state index contributed by atoms with van der Waals surface area (Å²) in [7, 11) is 1.56. The number of anilines is 1. The Labute approximate surface area is 157 Å². The van der Waals surface area contributed by atoms with Crippen molar-refractivity contribution in [1.29, 1.82) is 0 Å². The van der Waals surface area contributed by atoms with E-state index >= 15 is 0 Å². The van der Waals surface area contributed by atoms with E-state index in [9.17, 15) is 9.59 Å². The van der Waals surface area contributed by atoms with Gasteiger partial charge in [-0.3, -0.25) is 9.59 Å². The number of nitrogens with zero attached hydrogens (tertiary/aromatic N) is 3. The van der Waals surface area contributed by atoms with Gasteiger partial charge in [0, 0.05) is 26.7 Å². The van der Waals surface area contributed by atoms with E-state index < -0.39 is 5.56 Å². The van der Waals surface area contributed by atoms with Crippen molar-refractivity contribution in [1.82, 2.24) is 15.1 Å². The van der Waals surface area contributed by atoms with E-state index in [1.54, 1.807) is 7.11 Å². The molecule has 1 amide bonds. The molecule has 0 radical (unpaired) electrons. The average Bonchev–Trinajstić information content (AvgIpc) is 2.66. The highest BCUT2D eigenvalue weighted by Crippen LogP contribution is 2.25. The minimum absolute atomic E-state index is 0.00706. The maximum Gasteiger partial charge on any atom is 0.308 e. The molecule has 1 aliphatic heterocycles. The third kappa shape index (κ3) is 4.46. The first-order valence-electron chi connectivity index (χ1n) is 8.87. The van der Waals surface area contributed by atoms with Crippen LogP contribution in [0.3, 0.4) is 0 Å². The zero-order valence-corrected chi connectivity index (χ0v) is 15.6. The molecule has 1 saturated heterocycles. The maximum absolute atomic E-state index is 12.7. The molecule has 1 aromatic heterocycles. The van der Waals surface area contributed by atoms with Crippen LogP contribution in [0.15, 0.2) is 35.3 Å². The number of ether oxygens (including phenoxy) is 2. The zero-order valence-electron chi connectivity index (χ0n) is 15.6. The highest BCUT2D eigenvalue weighted by atomic mass is 16.5. The largest absolute Gasteiger partial charge is 0.484 e. The van der Waals surface area contributed by atoms with Crippen molar-refractivity contribution in [3.05, 3.63) is 51.9 Å². The summed E-state index contributed by atoms with van der Waals surface area (Å²) in [6.45, 7) is 4.59. The van der Waals surface area contributed by atoms with Crippen LogP contribution >= 0.6 is 0 Å². The summed E-state index contributed by atoms with van der Waals surface area (Å²) in [4.78, 5) is 28.4. The number of aromatic nitrogens is 2. The molecule has 2 heterocycles. The Hall–Kier alpha value is -2.87. The molecule has 1 aliphatic rings. The summed E-state index contributed by atoms with van der Waals surface area (Å²) in [5.41, 5.74) is 2.41. The van der Waals surface area contributed by atoms with Crippen LogP contribution in [-0.4, -0.2) is 61.0 Å². The molecule has 0 spiro atoms. The molecular weight excluding hydrogens is 348 g/mol. The van der Waals surface area contributed by atoms with Gasteiger partial charge in [-0.2, -0.15) is 5.10 Å². The quantitative estimate of drug-likeness (QED) is 0.728. The Balaban J connectivity index is 1.71. The van der Waals surface area contributed by atoms with Gasteiger partial charge in [0.25, 0.3) is 0 Å². The smallest absolute Gasteiger partial charge is 0.308 e. The van der Waals surface area contributed by atoms with Gasteiger partial charge in [-0.15, -0.1) is 0 Å². The normalized spacial score (nSPS) is 14.5. The minimum Gasteiger partial charge on any atom is -0.484 e. The second-order valence-corrected chi connectivity index (χ2v) is 6.42. The van der Waals surface area contributed by atoms with E-state index in [4.69, 9.17) is 9.47 Å². The average molecular weight is 372 g/mol. The lowest BCUT2D eigenvalue weighted by molar-refractivity contribution is -0.131.